The number of nitrogens with two attached hydrogens (primary N) is 1. The first kappa shape index (κ1) is 21.9. The summed E-state index contributed by atoms with van der Waals surface area (Å²) in [4.78, 5) is 16.4. The molecule has 6 nitrogen and oxygen atoms in total. The van der Waals surface area contributed by atoms with Gasteiger partial charge in [-0.25, -0.2) is 4.89 Å². The number of hydrazone groups is 1. The summed E-state index contributed by atoms with van der Waals surface area (Å²) in [6, 6.07) is 0. The van der Waals surface area contributed by atoms with Crippen molar-refractivity contribution >= 4 is 11.6 Å². The van der Waals surface area contributed by atoms with Crippen molar-refractivity contribution in [3.63, 3.8) is 0 Å². The maximum absolute atomic E-state index is 12.4. The number of carbonyl (C=O) groups is 1. The topological polar surface area (TPSA) is 96.9 Å². The summed E-state index contributed by atoms with van der Waals surface area (Å²) in [6.45, 7) is 12.8. The van der Waals surface area contributed by atoms with Gasteiger partial charge in [-0.2, -0.15) is 5.10 Å². The summed E-state index contributed by atoms with van der Waals surface area (Å²) < 4.78 is 0. The average Bonchev–Trinajstić information content (AvgIpc) is 2.49. The molecule has 6 heteroatoms. The second-order valence-corrected chi connectivity index (χ2v) is 7.25. The lowest BCUT2D eigenvalue weighted by atomic mass is 9.70. The fourth-order valence-electron chi connectivity index (χ4n) is 3.13. The smallest absolute Gasteiger partial charge is 0.225 e. The molecule has 0 aromatic rings. The number of nitrogens with zero attached hydrogens (tertiary/aromatic N) is 1. The summed E-state index contributed by atoms with van der Waals surface area (Å²) in [6.07, 6.45) is 2.87. The number of hydrogen-bond donors (Lipinski definition) is 3. The van der Waals surface area contributed by atoms with E-state index in [4.69, 9.17) is 11.1 Å². The SMILES string of the molecule is CCCC(C(C)C)C(CC(C)(C)C(=O)NCCOO)/C(C)=N\N. The average molecular weight is 329 g/mol. The number of hydrogen-bond acceptors (Lipinski definition) is 5. The summed E-state index contributed by atoms with van der Waals surface area (Å²) in [5.41, 5.74) is 0.351. The molecule has 2 atom stereocenters. The van der Waals surface area contributed by atoms with Gasteiger partial charge in [0.1, 0.15) is 0 Å². The van der Waals surface area contributed by atoms with Crippen molar-refractivity contribution in [1.29, 1.82) is 0 Å². The number of nitrogens with one attached hydrogen (secondary N) is 1. The minimum atomic E-state index is -0.549. The lowest BCUT2D eigenvalue weighted by Gasteiger charge is -2.35. The fraction of sp³-hybridized carbons (Fsp3) is 0.882. The molecule has 0 spiro atoms. The Balaban J connectivity index is 5.16. The predicted molar refractivity (Wildman–Crippen MR) is 94.0 cm³/mol. The molecule has 23 heavy (non-hydrogen) atoms. The molecule has 0 saturated heterocycles. The Labute approximate surface area is 140 Å². The van der Waals surface area contributed by atoms with Crippen LogP contribution < -0.4 is 11.2 Å². The third-order valence-electron chi connectivity index (χ3n) is 4.56. The van der Waals surface area contributed by atoms with E-state index >= 15 is 0 Å². The van der Waals surface area contributed by atoms with E-state index in [2.05, 4.69) is 36.1 Å². The van der Waals surface area contributed by atoms with E-state index in [0.717, 1.165) is 18.6 Å². The Bertz CT molecular complexity index is 381. The highest BCUT2D eigenvalue weighted by Gasteiger charge is 2.36. The summed E-state index contributed by atoms with van der Waals surface area (Å²) >= 11 is 0. The maximum Gasteiger partial charge on any atom is 0.225 e. The fourth-order valence-corrected chi connectivity index (χ4v) is 3.13. The van der Waals surface area contributed by atoms with E-state index in [-0.39, 0.29) is 25.0 Å². The van der Waals surface area contributed by atoms with Gasteiger partial charge in [0.25, 0.3) is 0 Å². The van der Waals surface area contributed by atoms with Gasteiger partial charge in [0, 0.05) is 23.6 Å². The van der Waals surface area contributed by atoms with Gasteiger partial charge in [0.05, 0.1) is 6.61 Å². The summed E-state index contributed by atoms with van der Waals surface area (Å²) in [5, 5.41) is 15.1. The molecule has 0 bridgehead atoms. The normalized spacial score (nSPS) is 15.6. The van der Waals surface area contributed by atoms with E-state index in [1.807, 2.05) is 20.8 Å². The van der Waals surface area contributed by atoms with Crippen LogP contribution in [-0.2, 0) is 9.68 Å². The van der Waals surface area contributed by atoms with Gasteiger partial charge in [-0.1, -0.05) is 41.0 Å². The van der Waals surface area contributed by atoms with Gasteiger partial charge in [0.15, 0.2) is 0 Å². The van der Waals surface area contributed by atoms with Crippen molar-refractivity contribution in [2.24, 2.45) is 34.1 Å². The Morgan fingerprint density at radius 3 is 2.43 bits per heavy atom. The van der Waals surface area contributed by atoms with Crippen molar-refractivity contribution < 1.29 is 14.9 Å². The van der Waals surface area contributed by atoms with Crippen molar-refractivity contribution in [3.05, 3.63) is 0 Å². The van der Waals surface area contributed by atoms with Crippen LogP contribution in [0.25, 0.3) is 0 Å². The lowest BCUT2D eigenvalue weighted by Crippen LogP contribution is -2.42. The van der Waals surface area contributed by atoms with Gasteiger partial charge in [-0.3, -0.25) is 10.1 Å². The highest BCUT2D eigenvalue weighted by molar-refractivity contribution is 5.86. The second kappa shape index (κ2) is 10.6. The molecule has 0 aliphatic carbocycles. The molecule has 2 unspecified atom stereocenters. The van der Waals surface area contributed by atoms with E-state index in [9.17, 15) is 4.79 Å². The molecule has 4 N–H and O–H groups in total. The van der Waals surface area contributed by atoms with Crippen LogP contribution >= 0.6 is 0 Å². The van der Waals surface area contributed by atoms with Crippen LogP contribution in [0.2, 0.25) is 0 Å². The van der Waals surface area contributed by atoms with E-state index in [1.54, 1.807) is 0 Å². The standard InChI is InChI=1S/C17H35N3O3/c1-7-8-14(12(2)3)15(13(4)20-18)11-17(5,6)16(21)19-9-10-23-22/h12,14-15,22H,7-11,18H2,1-6H3,(H,19,21)/b20-13-. The molecule has 136 valence electrons. The van der Waals surface area contributed by atoms with E-state index < -0.39 is 5.41 Å². The lowest BCUT2D eigenvalue weighted by molar-refractivity contribution is -0.240. The third kappa shape index (κ3) is 7.31. The van der Waals surface area contributed by atoms with Gasteiger partial charge in [-0.05, 0) is 31.6 Å². The van der Waals surface area contributed by atoms with Crippen LogP contribution in [0.4, 0.5) is 0 Å². The molecule has 0 heterocycles. The first-order valence-electron chi connectivity index (χ1n) is 8.50. The van der Waals surface area contributed by atoms with Gasteiger partial charge < -0.3 is 11.2 Å². The molecule has 0 aliphatic heterocycles. The molecule has 0 aromatic carbocycles. The molecular formula is C17H35N3O3. The van der Waals surface area contributed by atoms with E-state index in [1.165, 1.54) is 0 Å². The third-order valence-corrected chi connectivity index (χ3v) is 4.56. The number of rotatable bonds is 11. The van der Waals surface area contributed by atoms with Crippen molar-refractivity contribution in [2.75, 3.05) is 13.2 Å². The van der Waals surface area contributed by atoms with Crippen molar-refractivity contribution in [3.8, 4) is 0 Å². The number of carbonyl (C=O) groups excluding carboxylic acids is 1. The molecule has 0 radical (unpaired) electrons. The zero-order valence-corrected chi connectivity index (χ0v) is 15.6. The molecule has 1 amide bonds. The van der Waals surface area contributed by atoms with Crippen LogP contribution in [0, 0.1) is 23.2 Å². The molecule has 0 fully saturated rings. The molecule has 0 rings (SSSR count). The Hall–Kier alpha value is -1.14. The molecule has 0 aliphatic rings. The molecule has 0 saturated carbocycles. The monoisotopic (exact) mass is 329 g/mol. The molecule has 0 aromatic heterocycles. The van der Waals surface area contributed by atoms with Crippen LogP contribution in [0.3, 0.4) is 0 Å². The van der Waals surface area contributed by atoms with E-state index in [0.29, 0.717) is 18.3 Å². The number of amides is 1. The van der Waals surface area contributed by atoms with Crippen molar-refractivity contribution in [2.45, 2.75) is 60.8 Å². The summed E-state index contributed by atoms with van der Waals surface area (Å²) in [7, 11) is 0. The van der Waals surface area contributed by atoms with Crippen LogP contribution in [0.5, 0.6) is 0 Å². The largest absolute Gasteiger partial charge is 0.353 e. The van der Waals surface area contributed by atoms with Gasteiger partial charge in [-0.15, -0.1) is 0 Å². The van der Waals surface area contributed by atoms with Crippen LogP contribution in [0.15, 0.2) is 5.10 Å². The van der Waals surface area contributed by atoms with Crippen LogP contribution in [-0.4, -0.2) is 30.0 Å². The Kier molecular flexibility index (Phi) is 10.1. The minimum Gasteiger partial charge on any atom is -0.353 e. The highest BCUT2D eigenvalue weighted by Crippen LogP contribution is 2.36. The minimum absolute atomic E-state index is 0.0524. The summed E-state index contributed by atoms with van der Waals surface area (Å²) in [5.74, 6) is 6.61. The second-order valence-electron chi connectivity index (χ2n) is 7.25. The highest BCUT2D eigenvalue weighted by atomic mass is 17.1. The molecular weight excluding hydrogens is 294 g/mol. The maximum atomic E-state index is 12.4. The quantitative estimate of drug-likeness (QED) is 0.178. The Morgan fingerprint density at radius 1 is 1.39 bits per heavy atom. The zero-order chi connectivity index (χ0) is 18.0. The Morgan fingerprint density at radius 2 is 2.00 bits per heavy atom. The van der Waals surface area contributed by atoms with Gasteiger partial charge in [0.2, 0.25) is 5.91 Å². The van der Waals surface area contributed by atoms with Crippen molar-refractivity contribution in [1.82, 2.24) is 5.32 Å². The zero-order valence-electron chi connectivity index (χ0n) is 15.6. The predicted octanol–water partition coefficient (Wildman–Crippen LogP) is 3.03. The van der Waals surface area contributed by atoms with Gasteiger partial charge >= 0.3 is 0 Å². The van der Waals surface area contributed by atoms with Crippen LogP contribution in [0.1, 0.15) is 60.8 Å². The first-order chi connectivity index (χ1) is 10.7. The first-order valence-corrected chi connectivity index (χ1v) is 8.50.